The first-order valence-electron chi connectivity index (χ1n) is 20.9. The van der Waals surface area contributed by atoms with Crippen LogP contribution in [0.15, 0.2) is 231 Å². The summed E-state index contributed by atoms with van der Waals surface area (Å²) in [6.45, 7) is 0. The summed E-state index contributed by atoms with van der Waals surface area (Å²) < 4.78 is 0. The van der Waals surface area contributed by atoms with Gasteiger partial charge in [-0.3, -0.25) is 0 Å². The molecule has 0 saturated heterocycles. The summed E-state index contributed by atoms with van der Waals surface area (Å²) in [7, 11) is 0. The Morgan fingerprint density at radius 3 is 1.20 bits per heavy atom. The maximum absolute atomic E-state index is 2.41. The lowest BCUT2D eigenvalue weighted by atomic mass is 9.80. The molecule has 0 aromatic heterocycles. The lowest BCUT2D eigenvalue weighted by molar-refractivity contribution is 1.11. The molecule has 11 rings (SSSR count). The second-order valence-electron chi connectivity index (χ2n) is 15.6. The van der Waals surface area contributed by atoms with Crippen molar-refractivity contribution >= 4 is 66.4 Å². The van der Waals surface area contributed by atoms with E-state index in [4.69, 9.17) is 0 Å². The molecule has 2 heteroatoms. The average Bonchev–Trinajstić information content (AvgIpc) is 3.33. The minimum Gasteiger partial charge on any atom is -0.311 e. The van der Waals surface area contributed by atoms with Crippen molar-refractivity contribution in [2.75, 3.05) is 9.80 Å². The Bertz CT molecular complexity index is 3080. The van der Waals surface area contributed by atoms with Gasteiger partial charge in [-0.25, -0.2) is 0 Å². The normalized spacial score (nSPS) is 12.1. The van der Waals surface area contributed by atoms with Crippen LogP contribution in [0.25, 0.3) is 54.6 Å². The Balaban J connectivity index is 1.15. The molecule has 10 aromatic rings. The number of allylic oxidation sites excluding steroid dienone is 2. The molecule has 0 saturated carbocycles. The fraction of sp³-hybridized carbons (Fsp3) is 0.0345. The Morgan fingerprint density at radius 2 is 0.683 bits per heavy atom. The number of hydrogen-bond donors (Lipinski definition) is 0. The second-order valence-corrected chi connectivity index (χ2v) is 15.6. The Hall–Kier alpha value is -7.68. The van der Waals surface area contributed by atoms with E-state index in [-0.39, 0.29) is 0 Å². The van der Waals surface area contributed by atoms with Crippen molar-refractivity contribution in [3.63, 3.8) is 0 Å². The highest BCUT2D eigenvalue weighted by Crippen LogP contribution is 2.49. The molecule has 1 aliphatic rings. The highest BCUT2D eigenvalue weighted by atomic mass is 15.1. The number of benzene rings is 10. The zero-order chi connectivity index (χ0) is 39.8. The molecule has 60 heavy (non-hydrogen) atoms. The number of hydrogen-bond acceptors (Lipinski definition) is 2. The predicted octanol–water partition coefficient (Wildman–Crippen LogP) is 16.1. The number of fused-ring (bicyclic) bond motifs is 6. The molecule has 1 aliphatic carbocycles. The van der Waals surface area contributed by atoms with Gasteiger partial charge in [0.25, 0.3) is 0 Å². The Morgan fingerprint density at radius 1 is 0.283 bits per heavy atom. The van der Waals surface area contributed by atoms with Crippen molar-refractivity contribution in [1.82, 2.24) is 0 Å². The van der Waals surface area contributed by atoms with Crippen LogP contribution in [0.4, 0.5) is 34.1 Å². The summed E-state index contributed by atoms with van der Waals surface area (Å²) in [5, 5.41) is 7.71. The van der Waals surface area contributed by atoms with Crippen LogP contribution >= 0.6 is 0 Å². The van der Waals surface area contributed by atoms with Crippen LogP contribution in [-0.2, 0) is 12.8 Å². The fourth-order valence-corrected chi connectivity index (χ4v) is 9.40. The van der Waals surface area contributed by atoms with Crippen molar-refractivity contribution in [1.29, 1.82) is 0 Å². The quantitative estimate of drug-likeness (QED) is 0.0863. The zero-order valence-electron chi connectivity index (χ0n) is 33.2. The van der Waals surface area contributed by atoms with E-state index in [1.165, 1.54) is 65.7 Å². The SMILES string of the molecule is C1=CCc2c(ccc3c(-c4ccc(N(c5ccccc5)c5ccccc5)cc4)c4c(ccc5ccccc54)c(-c4ccc(N(c5ccccc5)c5ccccc5)cc4)c23)C1. The molecule has 0 radical (unpaired) electrons. The first-order chi connectivity index (χ1) is 29.8. The predicted molar refractivity (Wildman–Crippen MR) is 256 cm³/mol. The van der Waals surface area contributed by atoms with Crippen molar-refractivity contribution in [2.45, 2.75) is 12.8 Å². The molecule has 0 heterocycles. The average molecular weight is 767 g/mol. The van der Waals surface area contributed by atoms with Crippen molar-refractivity contribution in [3.8, 4) is 22.3 Å². The summed E-state index contributed by atoms with van der Waals surface area (Å²) in [6, 6.07) is 79.5. The highest BCUT2D eigenvalue weighted by Gasteiger charge is 2.24. The van der Waals surface area contributed by atoms with E-state index in [2.05, 4.69) is 240 Å². The maximum atomic E-state index is 2.41. The zero-order valence-corrected chi connectivity index (χ0v) is 33.2. The second kappa shape index (κ2) is 15.2. The largest absolute Gasteiger partial charge is 0.311 e. The summed E-state index contributed by atoms with van der Waals surface area (Å²) in [6.07, 6.45) is 6.53. The van der Waals surface area contributed by atoms with E-state index in [9.17, 15) is 0 Å². The topological polar surface area (TPSA) is 6.48 Å². The molecule has 0 bridgehead atoms. The molecule has 0 unspecified atom stereocenters. The van der Waals surface area contributed by atoms with Crippen LogP contribution in [-0.4, -0.2) is 0 Å². The smallest absolute Gasteiger partial charge is 0.0462 e. The van der Waals surface area contributed by atoms with Crippen molar-refractivity contribution in [2.24, 2.45) is 0 Å². The first-order valence-corrected chi connectivity index (χ1v) is 20.9. The van der Waals surface area contributed by atoms with Crippen LogP contribution < -0.4 is 9.80 Å². The summed E-state index contributed by atoms with van der Waals surface area (Å²) in [5.74, 6) is 0. The lowest BCUT2D eigenvalue weighted by Gasteiger charge is -2.27. The van der Waals surface area contributed by atoms with Gasteiger partial charge in [0.05, 0.1) is 0 Å². The first kappa shape index (κ1) is 35.5. The molecule has 0 aliphatic heterocycles. The van der Waals surface area contributed by atoms with E-state index in [1.807, 2.05) is 0 Å². The minimum atomic E-state index is 0.911. The minimum absolute atomic E-state index is 0.911. The maximum Gasteiger partial charge on any atom is 0.0462 e. The summed E-state index contributed by atoms with van der Waals surface area (Å²) >= 11 is 0. The van der Waals surface area contributed by atoms with Crippen molar-refractivity contribution in [3.05, 3.63) is 242 Å². The molecule has 0 spiro atoms. The van der Waals surface area contributed by atoms with Gasteiger partial charge in [-0.05, 0) is 151 Å². The van der Waals surface area contributed by atoms with E-state index in [0.29, 0.717) is 0 Å². The molecule has 0 fully saturated rings. The van der Waals surface area contributed by atoms with E-state index < -0.39 is 0 Å². The standard InChI is InChI=1S/C58H42N2/c1-5-19-45(20-6-1)59(46-21-7-2-8-22-46)49-35-29-43(30-36-49)55-53-39-33-42-18-14-16-28-52(42)58(53)56(54-40-34-41-17-13-15-27-51(41)57(54)55)44-31-37-50(38-32-44)60(47-23-9-3-10-24-47)48-25-11-4-12-26-48/h1-17,19-27,29-40H,18,28H2. The number of anilines is 6. The third-order valence-electron chi connectivity index (χ3n) is 12.1. The fourth-order valence-electron chi connectivity index (χ4n) is 9.40. The van der Waals surface area contributed by atoms with Gasteiger partial charge in [0.15, 0.2) is 0 Å². The van der Waals surface area contributed by atoms with Crippen molar-refractivity contribution < 1.29 is 0 Å². The molecule has 0 atom stereocenters. The van der Waals surface area contributed by atoms with Gasteiger partial charge in [0.1, 0.15) is 0 Å². The lowest BCUT2D eigenvalue weighted by Crippen LogP contribution is -2.09. The van der Waals surface area contributed by atoms with Crippen LogP contribution in [0.1, 0.15) is 11.1 Å². The summed E-state index contributed by atoms with van der Waals surface area (Å²) in [4.78, 5) is 4.67. The number of nitrogens with zero attached hydrogens (tertiary/aromatic N) is 2. The van der Waals surface area contributed by atoms with Crippen LogP contribution in [0.2, 0.25) is 0 Å². The van der Waals surface area contributed by atoms with Gasteiger partial charge in [-0.1, -0.05) is 158 Å². The van der Waals surface area contributed by atoms with Gasteiger partial charge in [0.2, 0.25) is 0 Å². The molecule has 0 N–H and O–H groups in total. The third kappa shape index (κ3) is 6.22. The van der Waals surface area contributed by atoms with Gasteiger partial charge >= 0.3 is 0 Å². The summed E-state index contributed by atoms with van der Waals surface area (Å²) in [5.41, 5.74) is 14.6. The molecule has 284 valence electrons. The van der Waals surface area contributed by atoms with Gasteiger partial charge in [-0.15, -0.1) is 0 Å². The van der Waals surface area contributed by atoms with E-state index in [1.54, 1.807) is 0 Å². The number of rotatable bonds is 8. The van der Waals surface area contributed by atoms with Gasteiger partial charge in [-0.2, -0.15) is 0 Å². The monoisotopic (exact) mass is 766 g/mol. The Labute approximate surface area is 351 Å². The van der Waals surface area contributed by atoms with Crippen LogP contribution in [0, 0.1) is 0 Å². The van der Waals surface area contributed by atoms with Crippen LogP contribution in [0.3, 0.4) is 0 Å². The van der Waals surface area contributed by atoms with Gasteiger partial charge in [0, 0.05) is 34.1 Å². The molecule has 10 aromatic carbocycles. The third-order valence-corrected chi connectivity index (χ3v) is 12.1. The molecule has 0 amide bonds. The van der Waals surface area contributed by atoms with E-state index in [0.717, 1.165) is 47.0 Å². The van der Waals surface area contributed by atoms with Crippen LogP contribution in [0.5, 0.6) is 0 Å². The highest BCUT2D eigenvalue weighted by molar-refractivity contribution is 6.28. The molecule has 2 nitrogen and oxygen atoms in total. The Kier molecular flexibility index (Phi) is 9.02. The molecular weight excluding hydrogens is 725 g/mol. The molecular formula is C58H42N2. The number of para-hydroxylation sites is 4. The van der Waals surface area contributed by atoms with Gasteiger partial charge < -0.3 is 9.80 Å². The van der Waals surface area contributed by atoms with E-state index >= 15 is 0 Å².